The summed E-state index contributed by atoms with van der Waals surface area (Å²) < 4.78 is 5.09. The zero-order valence-electron chi connectivity index (χ0n) is 11.6. The van der Waals surface area contributed by atoms with Crippen LogP contribution in [0.25, 0.3) is 0 Å². The molecule has 2 N–H and O–H groups in total. The predicted octanol–water partition coefficient (Wildman–Crippen LogP) is 1.97. The van der Waals surface area contributed by atoms with Crippen LogP contribution in [0.1, 0.15) is 53.4 Å². The molecule has 0 aromatic heterocycles. The first-order valence-electron chi connectivity index (χ1n) is 6.24. The van der Waals surface area contributed by atoms with Gasteiger partial charge in [-0.15, -0.1) is 0 Å². The Labute approximate surface area is 108 Å². The second kappa shape index (κ2) is 7.36. The van der Waals surface area contributed by atoms with E-state index < -0.39 is 29.6 Å². The molecule has 0 unspecified atom stereocenters. The maximum atomic E-state index is 11.5. The van der Waals surface area contributed by atoms with E-state index in [9.17, 15) is 9.59 Å². The zero-order chi connectivity index (χ0) is 14.3. The van der Waals surface area contributed by atoms with E-state index in [1.54, 1.807) is 27.7 Å². The molecule has 5 nitrogen and oxygen atoms in total. The monoisotopic (exact) mass is 260 g/mol. The molecule has 0 aromatic carbocycles. The van der Waals surface area contributed by atoms with Crippen LogP contribution in [0.15, 0.2) is 0 Å². The van der Waals surface area contributed by atoms with Crippen LogP contribution in [-0.4, -0.2) is 33.9 Å². The average Bonchev–Trinajstić information content (AvgIpc) is 2.12. The first-order chi connectivity index (χ1) is 8.11. The lowest BCUT2D eigenvalue weighted by molar-refractivity contribution is -0.160. The van der Waals surface area contributed by atoms with E-state index in [-0.39, 0.29) is 6.42 Å². The summed E-state index contributed by atoms with van der Waals surface area (Å²) in [5.41, 5.74) is -0.597. The van der Waals surface area contributed by atoms with Gasteiger partial charge in [0, 0.05) is 0 Å². The first-order valence-corrected chi connectivity index (χ1v) is 6.24. The van der Waals surface area contributed by atoms with Gasteiger partial charge < -0.3 is 14.9 Å². The number of carboxylic acid groups (broad SMARTS) is 1. The summed E-state index contributed by atoms with van der Waals surface area (Å²) in [7, 11) is 0. The van der Waals surface area contributed by atoms with E-state index >= 15 is 0 Å². The number of rotatable bonds is 7. The van der Waals surface area contributed by atoms with Gasteiger partial charge >= 0.3 is 11.9 Å². The smallest absolute Gasteiger partial charge is 0.307 e. The molecule has 0 radical (unpaired) electrons. The summed E-state index contributed by atoms with van der Waals surface area (Å²) in [6, 6.07) is 0. The molecule has 2 atom stereocenters. The summed E-state index contributed by atoms with van der Waals surface area (Å²) in [6.07, 6.45) is 0.933. The molecule has 0 heterocycles. The van der Waals surface area contributed by atoms with Crippen molar-refractivity contribution in [3.05, 3.63) is 0 Å². The largest absolute Gasteiger partial charge is 0.481 e. The Hall–Kier alpha value is -1.10. The molecule has 0 amide bonds. The number of hydrogen-bond donors (Lipinski definition) is 2. The van der Waals surface area contributed by atoms with Crippen LogP contribution in [-0.2, 0) is 14.3 Å². The molecule has 0 spiro atoms. The summed E-state index contributed by atoms with van der Waals surface area (Å²) >= 11 is 0. The highest BCUT2D eigenvalue weighted by atomic mass is 16.6. The number of ether oxygens (including phenoxy) is 1. The van der Waals surface area contributed by atoms with Crippen molar-refractivity contribution in [3.8, 4) is 0 Å². The highest BCUT2D eigenvalue weighted by Crippen LogP contribution is 2.17. The van der Waals surface area contributed by atoms with Crippen LogP contribution in [0, 0.1) is 5.92 Å². The van der Waals surface area contributed by atoms with Crippen molar-refractivity contribution in [1.82, 2.24) is 0 Å². The molecule has 0 aliphatic rings. The lowest BCUT2D eigenvalue weighted by atomic mass is 9.97. The van der Waals surface area contributed by atoms with E-state index in [4.69, 9.17) is 14.9 Å². The maximum absolute atomic E-state index is 11.5. The third-order valence-corrected chi connectivity index (χ3v) is 2.36. The second-order valence-corrected chi connectivity index (χ2v) is 5.61. The molecule has 0 aliphatic heterocycles. The number of esters is 1. The fourth-order valence-electron chi connectivity index (χ4n) is 1.56. The van der Waals surface area contributed by atoms with Crippen molar-refractivity contribution in [3.63, 3.8) is 0 Å². The molecule has 0 aliphatic carbocycles. The van der Waals surface area contributed by atoms with Crippen molar-refractivity contribution in [2.24, 2.45) is 5.92 Å². The van der Waals surface area contributed by atoms with Gasteiger partial charge in [0.25, 0.3) is 0 Å². The standard InChI is InChI=1S/C13H24O5/c1-9(14)6-5-7-10(12(16)17)8-11(15)18-13(2,3)4/h9-10,14H,5-8H2,1-4H3,(H,16,17)/t9-,10-/m1/s1. The SMILES string of the molecule is C[C@@H](O)CCC[C@H](CC(=O)OC(C)(C)C)C(=O)O. The molecule has 0 bridgehead atoms. The Morgan fingerprint density at radius 1 is 1.22 bits per heavy atom. The van der Waals surface area contributed by atoms with Crippen molar-refractivity contribution in [2.75, 3.05) is 0 Å². The van der Waals surface area contributed by atoms with Gasteiger partial charge in [0.05, 0.1) is 18.4 Å². The lowest BCUT2D eigenvalue weighted by Crippen LogP contribution is -2.27. The quantitative estimate of drug-likeness (QED) is 0.684. The minimum atomic E-state index is -0.994. The summed E-state index contributed by atoms with van der Waals surface area (Å²) in [5, 5.41) is 18.1. The Kier molecular flexibility index (Phi) is 6.91. The molecular weight excluding hydrogens is 236 g/mol. The molecular formula is C13H24O5. The van der Waals surface area contributed by atoms with Crippen molar-refractivity contribution in [1.29, 1.82) is 0 Å². The minimum Gasteiger partial charge on any atom is -0.481 e. The van der Waals surface area contributed by atoms with Crippen LogP contribution >= 0.6 is 0 Å². The fraction of sp³-hybridized carbons (Fsp3) is 0.846. The normalized spacial score (nSPS) is 14.9. The summed E-state index contributed by atoms with van der Waals surface area (Å²) in [6.45, 7) is 6.89. The van der Waals surface area contributed by atoms with Crippen LogP contribution in [0.4, 0.5) is 0 Å². The number of aliphatic carboxylic acids is 1. The summed E-state index contributed by atoms with van der Waals surface area (Å²) in [4.78, 5) is 22.5. The molecule has 0 fully saturated rings. The number of aliphatic hydroxyl groups is 1. The molecule has 0 saturated heterocycles. The van der Waals surface area contributed by atoms with Gasteiger partial charge in [0.15, 0.2) is 0 Å². The highest BCUT2D eigenvalue weighted by Gasteiger charge is 2.24. The zero-order valence-corrected chi connectivity index (χ0v) is 11.6. The topological polar surface area (TPSA) is 83.8 Å². The molecule has 0 saturated carbocycles. The molecule has 106 valence electrons. The molecule has 18 heavy (non-hydrogen) atoms. The molecule has 0 aromatic rings. The summed E-state index contributed by atoms with van der Waals surface area (Å²) in [5.74, 6) is -2.23. The van der Waals surface area contributed by atoms with E-state index in [0.29, 0.717) is 19.3 Å². The van der Waals surface area contributed by atoms with Gasteiger partial charge in [0.1, 0.15) is 5.60 Å². The average molecular weight is 260 g/mol. The lowest BCUT2D eigenvalue weighted by Gasteiger charge is -2.21. The Balaban J connectivity index is 4.19. The van der Waals surface area contributed by atoms with Crippen LogP contribution in [0.3, 0.4) is 0 Å². The van der Waals surface area contributed by atoms with Crippen LogP contribution < -0.4 is 0 Å². The number of carbonyl (C=O) groups excluding carboxylic acids is 1. The van der Waals surface area contributed by atoms with Gasteiger partial charge in [-0.3, -0.25) is 9.59 Å². The van der Waals surface area contributed by atoms with Crippen LogP contribution in [0.5, 0.6) is 0 Å². The van der Waals surface area contributed by atoms with E-state index in [1.165, 1.54) is 0 Å². The van der Waals surface area contributed by atoms with Crippen molar-refractivity contribution >= 4 is 11.9 Å². The predicted molar refractivity (Wildman–Crippen MR) is 67.1 cm³/mol. The minimum absolute atomic E-state index is 0.119. The number of hydrogen-bond acceptors (Lipinski definition) is 4. The number of carbonyl (C=O) groups is 2. The highest BCUT2D eigenvalue weighted by molar-refractivity contribution is 5.78. The van der Waals surface area contributed by atoms with Crippen LogP contribution in [0.2, 0.25) is 0 Å². The van der Waals surface area contributed by atoms with Gasteiger partial charge in [-0.2, -0.15) is 0 Å². The Morgan fingerprint density at radius 3 is 2.17 bits per heavy atom. The number of aliphatic hydroxyl groups excluding tert-OH is 1. The molecule has 5 heteroatoms. The maximum Gasteiger partial charge on any atom is 0.307 e. The van der Waals surface area contributed by atoms with E-state index in [2.05, 4.69) is 0 Å². The third-order valence-electron chi connectivity index (χ3n) is 2.36. The van der Waals surface area contributed by atoms with Crippen molar-refractivity contribution < 1.29 is 24.5 Å². The van der Waals surface area contributed by atoms with Gasteiger partial charge in [0.2, 0.25) is 0 Å². The third kappa shape index (κ3) is 8.98. The van der Waals surface area contributed by atoms with Gasteiger partial charge in [-0.25, -0.2) is 0 Å². The molecule has 0 rings (SSSR count). The first kappa shape index (κ1) is 16.9. The van der Waals surface area contributed by atoms with Gasteiger partial charge in [-0.05, 0) is 40.5 Å². The van der Waals surface area contributed by atoms with E-state index in [1.807, 2.05) is 0 Å². The van der Waals surface area contributed by atoms with Crippen molar-refractivity contribution in [2.45, 2.75) is 65.1 Å². The number of carboxylic acids is 1. The van der Waals surface area contributed by atoms with E-state index in [0.717, 1.165) is 0 Å². The Bertz CT molecular complexity index is 278. The van der Waals surface area contributed by atoms with Gasteiger partial charge in [-0.1, -0.05) is 6.42 Å². The fourth-order valence-corrected chi connectivity index (χ4v) is 1.56. The Morgan fingerprint density at radius 2 is 1.78 bits per heavy atom. The second-order valence-electron chi connectivity index (χ2n) is 5.61.